The largest absolute Gasteiger partial charge is 0.488 e. The van der Waals surface area contributed by atoms with E-state index in [2.05, 4.69) is 15.6 Å². The molecule has 1 aromatic heterocycles. The van der Waals surface area contributed by atoms with E-state index in [1.54, 1.807) is 18.2 Å². The fourth-order valence-corrected chi connectivity index (χ4v) is 8.68. The van der Waals surface area contributed by atoms with Gasteiger partial charge in [-0.05, 0) is 75.8 Å². The van der Waals surface area contributed by atoms with Gasteiger partial charge in [-0.1, -0.05) is 36.6 Å². The highest BCUT2D eigenvalue weighted by atomic mass is 35.5. The third-order valence-electron chi connectivity index (χ3n) is 11.7. The van der Waals surface area contributed by atoms with Crippen LogP contribution in [0.3, 0.4) is 0 Å². The van der Waals surface area contributed by atoms with Gasteiger partial charge in [-0.25, -0.2) is 14.6 Å². The third-order valence-corrected chi connectivity index (χ3v) is 12.1. The van der Waals surface area contributed by atoms with Crippen LogP contribution in [0.15, 0.2) is 30.4 Å². The van der Waals surface area contributed by atoms with Crippen LogP contribution in [0.25, 0.3) is 10.9 Å². The number of methoxy groups -OCH3 is 2. The Kier molecular flexibility index (Phi) is 12.1. The number of nitrogens with one attached hydrogen (secondary N) is 2. The summed E-state index contributed by atoms with van der Waals surface area (Å²) in [4.78, 5) is 60.5. The minimum absolute atomic E-state index is 0.0162. The fourth-order valence-electron chi connectivity index (χ4n) is 8.42. The average molecular weight is 799 g/mol. The number of aliphatic carboxylic acids is 1. The minimum Gasteiger partial charge on any atom is -0.488 e. The van der Waals surface area contributed by atoms with Gasteiger partial charge in [0.25, 0.3) is 0 Å². The first-order valence-electron chi connectivity index (χ1n) is 19.6. The number of carbonyl (C=O) groups is 4. The molecule has 8 atom stereocenters. The van der Waals surface area contributed by atoms with Crippen LogP contribution in [0.4, 0.5) is 4.79 Å². The average Bonchev–Trinajstić information content (AvgIpc) is 3.97. The number of fused-ring (bicyclic) bond motifs is 4. The van der Waals surface area contributed by atoms with Gasteiger partial charge in [-0.3, -0.25) is 9.59 Å². The quantitative estimate of drug-likeness (QED) is 0.193. The highest BCUT2D eigenvalue weighted by Gasteiger charge is 2.61. The Hall–Kier alpha value is -4.34. The summed E-state index contributed by atoms with van der Waals surface area (Å²) >= 11 is 6.83. The zero-order valence-electron chi connectivity index (χ0n) is 32.0. The molecular weight excluding hydrogens is 748 g/mol. The summed E-state index contributed by atoms with van der Waals surface area (Å²) in [5.74, 6) is -0.421. The molecule has 3 amide bonds. The van der Waals surface area contributed by atoms with Crippen molar-refractivity contribution in [2.75, 3.05) is 34.0 Å². The van der Waals surface area contributed by atoms with Crippen molar-refractivity contribution in [3.05, 3.63) is 35.4 Å². The van der Waals surface area contributed by atoms with Crippen molar-refractivity contribution in [2.45, 2.75) is 107 Å². The molecule has 3 saturated carbocycles. The van der Waals surface area contributed by atoms with Gasteiger partial charge in [-0.15, -0.1) is 0 Å². The summed E-state index contributed by atoms with van der Waals surface area (Å²) in [6, 6.07) is 2.99. The van der Waals surface area contributed by atoms with E-state index < -0.39 is 53.9 Å². The minimum atomic E-state index is -1.47. The van der Waals surface area contributed by atoms with E-state index in [-0.39, 0.29) is 48.9 Å². The molecule has 4 fully saturated rings. The van der Waals surface area contributed by atoms with Crippen molar-refractivity contribution in [2.24, 2.45) is 17.8 Å². The molecule has 5 aliphatic rings. The van der Waals surface area contributed by atoms with Crippen LogP contribution in [0.1, 0.15) is 71.1 Å². The van der Waals surface area contributed by atoms with E-state index in [1.807, 2.05) is 19.1 Å². The number of benzene rings is 1. The molecule has 7 rings (SSSR count). The summed E-state index contributed by atoms with van der Waals surface area (Å²) in [5.41, 5.74) is -1.13. The topological polar surface area (TPSA) is 184 Å². The Labute approximate surface area is 330 Å². The van der Waals surface area contributed by atoms with Gasteiger partial charge in [0.05, 0.1) is 13.2 Å². The van der Waals surface area contributed by atoms with Crippen LogP contribution in [0.2, 0.25) is 5.02 Å². The highest BCUT2D eigenvalue weighted by molar-refractivity contribution is 6.36. The number of hydrogen-bond acceptors (Lipinski definition) is 11. The van der Waals surface area contributed by atoms with Crippen LogP contribution in [-0.4, -0.2) is 109 Å². The number of carboxylic acids is 1. The number of carbonyl (C=O) groups excluding carboxylic acids is 3. The maximum absolute atomic E-state index is 14.5. The van der Waals surface area contributed by atoms with Crippen molar-refractivity contribution in [3.63, 3.8) is 0 Å². The first-order valence-corrected chi connectivity index (χ1v) is 20.0. The first kappa shape index (κ1) is 39.9. The zero-order chi connectivity index (χ0) is 39.6. The standard InChI is InChI=1S/C40H51ClN4O11/c1-4-53-32-18-31(27-12-13-30(34(41)35(27)43-32)54-21-33(51-2)52-3)55-26-17-29-36(46)44-40(38(48)49)19-24(40)10-8-6-5-7-9-11-28(37(47)45(29)20-26)42-39(50)56-25-15-22-14-23(22)16-25/h8,10,12-13,18,22-26,28-29,33H,4-7,9,11,14-17,19-21H2,1-3H3,(H,42,50)(H,44,46)(H,48,49)/b10-8-/t22-,23+,24-,25+,26-,28+,29+,40-/m1/s1. The molecular formula is C40H51ClN4O11. The van der Waals surface area contributed by atoms with Crippen molar-refractivity contribution in [3.8, 4) is 17.4 Å². The molecule has 3 heterocycles. The second-order valence-corrected chi connectivity index (χ2v) is 15.8. The lowest BCUT2D eigenvalue weighted by Gasteiger charge is -2.29. The van der Waals surface area contributed by atoms with Gasteiger partial charge >= 0.3 is 12.1 Å². The van der Waals surface area contributed by atoms with Crippen LogP contribution in [-0.2, 0) is 28.6 Å². The predicted molar refractivity (Wildman–Crippen MR) is 203 cm³/mol. The van der Waals surface area contributed by atoms with Crippen LogP contribution in [0, 0.1) is 17.8 Å². The molecule has 3 N–H and O–H groups in total. The molecule has 0 radical (unpaired) electrons. The lowest BCUT2D eigenvalue weighted by atomic mass is 10.0. The zero-order valence-corrected chi connectivity index (χ0v) is 32.8. The maximum Gasteiger partial charge on any atom is 0.408 e. The van der Waals surface area contributed by atoms with E-state index in [0.717, 1.165) is 32.1 Å². The number of allylic oxidation sites excluding steroid dienone is 1. The maximum atomic E-state index is 14.5. The molecule has 2 aliphatic heterocycles. The van der Waals surface area contributed by atoms with Crippen molar-refractivity contribution >= 4 is 46.4 Å². The number of carboxylic acid groups (broad SMARTS) is 1. The fraction of sp³-hybridized carbons (Fsp3) is 0.625. The molecule has 15 nitrogen and oxygen atoms in total. The normalized spacial score (nSPS) is 30.6. The van der Waals surface area contributed by atoms with Gasteiger partial charge in [0, 0.05) is 38.0 Å². The number of aromatic nitrogens is 1. The summed E-state index contributed by atoms with van der Waals surface area (Å²) in [7, 11) is 3.00. The first-order chi connectivity index (χ1) is 27.0. The van der Waals surface area contributed by atoms with Gasteiger partial charge in [0.2, 0.25) is 17.7 Å². The lowest BCUT2D eigenvalue weighted by Crippen LogP contribution is -2.56. The van der Waals surface area contributed by atoms with E-state index in [9.17, 15) is 24.3 Å². The van der Waals surface area contributed by atoms with Gasteiger partial charge < -0.3 is 49.1 Å². The second-order valence-electron chi connectivity index (χ2n) is 15.5. The van der Waals surface area contributed by atoms with Crippen LogP contribution in [0.5, 0.6) is 17.4 Å². The molecule has 1 aromatic carbocycles. The summed E-state index contributed by atoms with van der Waals surface area (Å²) < 4.78 is 34.5. The summed E-state index contributed by atoms with van der Waals surface area (Å²) in [6.45, 7) is 2.18. The van der Waals surface area contributed by atoms with Crippen molar-refractivity contribution in [1.29, 1.82) is 0 Å². The smallest absolute Gasteiger partial charge is 0.408 e. The van der Waals surface area contributed by atoms with Crippen molar-refractivity contribution < 1.29 is 52.7 Å². The number of ether oxygens (including phenoxy) is 6. The molecule has 2 aromatic rings. The van der Waals surface area contributed by atoms with Gasteiger partial charge in [0.1, 0.15) is 58.5 Å². The summed E-state index contributed by atoms with van der Waals surface area (Å²) in [6.07, 6.45) is 8.16. The number of halogens is 1. The Bertz CT molecular complexity index is 1830. The number of hydrogen-bond donors (Lipinski definition) is 3. The summed E-state index contributed by atoms with van der Waals surface area (Å²) in [5, 5.41) is 16.6. The molecule has 304 valence electrons. The second kappa shape index (κ2) is 17.0. The van der Waals surface area contributed by atoms with Crippen LogP contribution >= 0.6 is 11.6 Å². The number of amides is 3. The Balaban J connectivity index is 1.16. The Morgan fingerprint density at radius 1 is 1.05 bits per heavy atom. The molecule has 3 aliphatic carbocycles. The molecule has 16 heteroatoms. The van der Waals surface area contributed by atoms with E-state index in [4.69, 9.17) is 40.0 Å². The highest BCUT2D eigenvalue weighted by Crippen LogP contribution is 2.52. The van der Waals surface area contributed by atoms with E-state index >= 15 is 0 Å². The molecule has 1 saturated heterocycles. The van der Waals surface area contributed by atoms with E-state index in [1.165, 1.54) is 25.5 Å². The molecule has 0 unspecified atom stereocenters. The number of nitrogens with zero attached hydrogens (tertiary/aromatic N) is 2. The van der Waals surface area contributed by atoms with Crippen molar-refractivity contribution in [1.82, 2.24) is 20.5 Å². The molecule has 56 heavy (non-hydrogen) atoms. The number of alkyl carbamates (subject to hydrolysis) is 1. The van der Waals surface area contributed by atoms with Gasteiger partial charge in [-0.2, -0.15) is 0 Å². The Morgan fingerprint density at radius 2 is 1.84 bits per heavy atom. The van der Waals surface area contributed by atoms with Gasteiger partial charge in [0.15, 0.2) is 6.29 Å². The number of rotatable bonds is 12. The van der Waals surface area contributed by atoms with E-state index in [0.29, 0.717) is 53.7 Å². The molecule has 0 bridgehead atoms. The van der Waals surface area contributed by atoms with Crippen LogP contribution < -0.4 is 24.8 Å². The monoisotopic (exact) mass is 798 g/mol. The third kappa shape index (κ3) is 8.64. The predicted octanol–water partition coefficient (Wildman–Crippen LogP) is 5.01. The SMILES string of the molecule is CCOc1cc(O[C@@H]2C[C@H]3C(=O)N[C@]4(C(=O)O)C[C@H]4/C=C\CCCCC[C@H](NC(=O)O[C@@H]4C[C@@H]5C[C@@H]5C4)C(=O)N3C2)c2ccc(OCC(OC)OC)c(Cl)c2n1. The lowest BCUT2D eigenvalue weighted by molar-refractivity contribution is -0.145. The Morgan fingerprint density at radius 3 is 2.57 bits per heavy atom. The molecule has 0 spiro atoms. The number of pyridine rings is 1.